The zero-order valence-electron chi connectivity index (χ0n) is 9.41. The molecule has 1 atom stereocenters. The van der Waals surface area contributed by atoms with Crippen LogP contribution in [0.15, 0.2) is 16.8 Å². The van der Waals surface area contributed by atoms with Crippen molar-refractivity contribution in [3.05, 3.63) is 22.4 Å². The molecule has 3 heteroatoms. The van der Waals surface area contributed by atoms with Gasteiger partial charge in [0.15, 0.2) is 0 Å². The van der Waals surface area contributed by atoms with Gasteiger partial charge in [-0.25, -0.2) is 0 Å². The maximum absolute atomic E-state index is 3.56. The van der Waals surface area contributed by atoms with Gasteiger partial charge in [0.25, 0.3) is 0 Å². The molecule has 2 nitrogen and oxygen atoms in total. The summed E-state index contributed by atoms with van der Waals surface area (Å²) in [4.78, 5) is 2.58. The number of hydrogen-bond donors (Lipinski definition) is 1. The maximum Gasteiger partial charge on any atom is 0.0221 e. The van der Waals surface area contributed by atoms with Gasteiger partial charge in [-0.15, -0.1) is 0 Å². The first-order valence-electron chi connectivity index (χ1n) is 5.86. The standard InChI is InChI=1S/C12H20N2S/c1-2-14-6-3-4-12(14)9-13-8-11-5-7-15-10-11/h5,7,10,12-13H,2-4,6,8-9H2,1H3. The van der Waals surface area contributed by atoms with Crippen molar-refractivity contribution in [1.29, 1.82) is 0 Å². The summed E-state index contributed by atoms with van der Waals surface area (Å²) >= 11 is 1.78. The van der Waals surface area contributed by atoms with Crippen molar-refractivity contribution in [2.24, 2.45) is 0 Å². The Balaban J connectivity index is 1.69. The van der Waals surface area contributed by atoms with Crippen molar-refractivity contribution in [3.8, 4) is 0 Å². The highest BCUT2D eigenvalue weighted by atomic mass is 32.1. The lowest BCUT2D eigenvalue weighted by molar-refractivity contribution is 0.260. The van der Waals surface area contributed by atoms with E-state index in [1.165, 1.54) is 31.5 Å². The van der Waals surface area contributed by atoms with Crippen LogP contribution in [0.1, 0.15) is 25.3 Å². The van der Waals surface area contributed by atoms with Crippen LogP contribution in [0.3, 0.4) is 0 Å². The molecule has 0 aromatic carbocycles. The topological polar surface area (TPSA) is 15.3 Å². The van der Waals surface area contributed by atoms with Crippen LogP contribution < -0.4 is 5.32 Å². The molecule has 0 saturated carbocycles. The van der Waals surface area contributed by atoms with Gasteiger partial charge in [0.05, 0.1) is 0 Å². The summed E-state index contributed by atoms with van der Waals surface area (Å²) in [5.74, 6) is 0. The lowest BCUT2D eigenvalue weighted by atomic mass is 10.2. The van der Waals surface area contributed by atoms with E-state index >= 15 is 0 Å². The van der Waals surface area contributed by atoms with Crippen LogP contribution in [-0.4, -0.2) is 30.6 Å². The van der Waals surface area contributed by atoms with Gasteiger partial charge in [-0.05, 0) is 48.3 Å². The van der Waals surface area contributed by atoms with E-state index in [9.17, 15) is 0 Å². The molecule has 2 rings (SSSR count). The second-order valence-corrected chi connectivity index (χ2v) is 4.97. The molecule has 1 aromatic heterocycles. The van der Waals surface area contributed by atoms with Crippen LogP contribution in [0.5, 0.6) is 0 Å². The van der Waals surface area contributed by atoms with Crippen LogP contribution in [0, 0.1) is 0 Å². The van der Waals surface area contributed by atoms with E-state index in [2.05, 4.69) is 34.0 Å². The average molecular weight is 224 g/mol. The summed E-state index contributed by atoms with van der Waals surface area (Å²) in [6.07, 6.45) is 2.74. The Bertz CT molecular complexity index is 271. The van der Waals surface area contributed by atoms with E-state index in [4.69, 9.17) is 0 Å². The summed E-state index contributed by atoms with van der Waals surface area (Å²) in [7, 11) is 0. The van der Waals surface area contributed by atoms with E-state index < -0.39 is 0 Å². The largest absolute Gasteiger partial charge is 0.311 e. The first kappa shape index (κ1) is 11.1. The van der Waals surface area contributed by atoms with Gasteiger partial charge in [-0.1, -0.05) is 6.92 Å². The first-order valence-corrected chi connectivity index (χ1v) is 6.80. The second-order valence-electron chi connectivity index (χ2n) is 4.19. The summed E-state index contributed by atoms with van der Waals surface area (Å²) in [6, 6.07) is 2.97. The smallest absolute Gasteiger partial charge is 0.0221 e. The van der Waals surface area contributed by atoms with E-state index in [-0.39, 0.29) is 0 Å². The van der Waals surface area contributed by atoms with Crippen LogP contribution in [0.4, 0.5) is 0 Å². The second kappa shape index (κ2) is 5.64. The first-order chi connectivity index (χ1) is 7.40. The summed E-state index contributed by atoms with van der Waals surface area (Å²) in [5, 5.41) is 7.92. The van der Waals surface area contributed by atoms with Crippen molar-refractivity contribution in [1.82, 2.24) is 10.2 Å². The molecule has 84 valence electrons. The molecule has 0 aliphatic carbocycles. The van der Waals surface area contributed by atoms with E-state index in [1.54, 1.807) is 11.3 Å². The van der Waals surface area contributed by atoms with Gasteiger partial charge in [0, 0.05) is 19.1 Å². The van der Waals surface area contributed by atoms with Gasteiger partial charge in [0.2, 0.25) is 0 Å². The Hall–Kier alpha value is -0.380. The Morgan fingerprint density at radius 2 is 2.53 bits per heavy atom. The highest BCUT2D eigenvalue weighted by molar-refractivity contribution is 7.07. The number of nitrogens with one attached hydrogen (secondary N) is 1. The monoisotopic (exact) mass is 224 g/mol. The number of hydrogen-bond acceptors (Lipinski definition) is 3. The van der Waals surface area contributed by atoms with Crippen molar-refractivity contribution < 1.29 is 0 Å². The van der Waals surface area contributed by atoms with Crippen LogP contribution in [0.25, 0.3) is 0 Å². The molecule has 0 amide bonds. The molecule has 0 radical (unpaired) electrons. The highest BCUT2D eigenvalue weighted by Crippen LogP contribution is 2.15. The molecule has 1 aliphatic rings. The van der Waals surface area contributed by atoms with E-state index in [1.807, 2.05) is 0 Å². The van der Waals surface area contributed by atoms with Crippen LogP contribution >= 0.6 is 11.3 Å². The van der Waals surface area contributed by atoms with E-state index in [0.29, 0.717) is 0 Å². The Morgan fingerprint density at radius 3 is 3.27 bits per heavy atom. The van der Waals surface area contributed by atoms with Crippen molar-refractivity contribution in [2.45, 2.75) is 32.4 Å². The molecular formula is C12H20N2S. The lowest BCUT2D eigenvalue weighted by Gasteiger charge is -2.22. The van der Waals surface area contributed by atoms with Crippen molar-refractivity contribution >= 4 is 11.3 Å². The minimum Gasteiger partial charge on any atom is -0.311 e. The Morgan fingerprint density at radius 1 is 1.60 bits per heavy atom. The summed E-state index contributed by atoms with van der Waals surface area (Å²) < 4.78 is 0. The van der Waals surface area contributed by atoms with Crippen LogP contribution in [-0.2, 0) is 6.54 Å². The van der Waals surface area contributed by atoms with Crippen molar-refractivity contribution in [3.63, 3.8) is 0 Å². The predicted octanol–water partition coefficient (Wildman–Crippen LogP) is 2.32. The third-order valence-electron chi connectivity index (χ3n) is 3.19. The highest BCUT2D eigenvalue weighted by Gasteiger charge is 2.21. The molecule has 1 fully saturated rings. The summed E-state index contributed by atoms with van der Waals surface area (Å²) in [5.41, 5.74) is 1.42. The van der Waals surface area contributed by atoms with Gasteiger partial charge >= 0.3 is 0 Å². The predicted molar refractivity (Wildman–Crippen MR) is 66.3 cm³/mol. The normalized spacial score (nSPS) is 22.3. The minimum absolute atomic E-state index is 0.772. The SMILES string of the molecule is CCN1CCCC1CNCc1ccsc1. The molecule has 1 unspecified atom stereocenters. The van der Waals surface area contributed by atoms with Gasteiger partial charge in [-0.2, -0.15) is 11.3 Å². The van der Waals surface area contributed by atoms with Crippen molar-refractivity contribution in [2.75, 3.05) is 19.6 Å². The number of nitrogens with zero attached hydrogens (tertiary/aromatic N) is 1. The van der Waals surface area contributed by atoms with Gasteiger partial charge in [-0.3, -0.25) is 4.90 Å². The zero-order valence-corrected chi connectivity index (χ0v) is 10.2. The number of thiophene rings is 1. The molecule has 1 aliphatic heterocycles. The summed E-state index contributed by atoms with van der Waals surface area (Å²) in [6.45, 7) is 6.92. The zero-order chi connectivity index (χ0) is 10.5. The quantitative estimate of drug-likeness (QED) is 0.826. The molecule has 2 heterocycles. The average Bonchev–Trinajstić information content (AvgIpc) is 2.88. The fraction of sp³-hybridized carbons (Fsp3) is 0.667. The molecule has 1 aromatic rings. The number of likely N-dealkylation sites (N-methyl/N-ethyl adjacent to an activating group) is 1. The molecular weight excluding hydrogens is 204 g/mol. The fourth-order valence-electron chi connectivity index (χ4n) is 2.32. The number of rotatable bonds is 5. The Labute approximate surface area is 96.3 Å². The number of likely N-dealkylation sites (tertiary alicyclic amines) is 1. The maximum atomic E-state index is 3.56. The van der Waals surface area contributed by atoms with Crippen LogP contribution in [0.2, 0.25) is 0 Å². The third-order valence-corrected chi connectivity index (χ3v) is 3.93. The molecule has 0 spiro atoms. The lowest BCUT2D eigenvalue weighted by Crippen LogP contribution is -2.37. The van der Waals surface area contributed by atoms with E-state index in [0.717, 1.165) is 19.1 Å². The molecule has 1 N–H and O–H groups in total. The minimum atomic E-state index is 0.772. The molecule has 0 bridgehead atoms. The molecule has 15 heavy (non-hydrogen) atoms. The molecule has 1 saturated heterocycles. The van der Waals surface area contributed by atoms with Gasteiger partial charge in [0.1, 0.15) is 0 Å². The fourth-order valence-corrected chi connectivity index (χ4v) is 2.99. The third kappa shape index (κ3) is 3.03. The Kier molecular flexibility index (Phi) is 4.18. The van der Waals surface area contributed by atoms with Gasteiger partial charge < -0.3 is 5.32 Å².